The van der Waals surface area contributed by atoms with Gasteiger partial charge >= 0.3 is 0 Å². The third-order valence-electron chi connectivity index (χ3n) is 5.80. The highest BCUT2D eigenvalue weighted by Crippen LogP contribution is 2.30. The van der Waals surface area contributed by atoms with E-state index in [4.69, 9.17) is 23.0 Å². The Morgan fingerprint density at radius 2 is 2.03 bits per heavy atom. The van der Waals surface area contributed by atoms with Crippen LogP contribution in [0.2, 0.25) is 0 Å². The van der Waals surface area contributed by atoms with Crippen molar-refractivity contribution < 1.29 is 5.11 Å². The molecule has 1 aliphatic rings. The summed E-state index contributed by atoms with van der Waals surface area (Å²) in [6.07, 6.45) is 8.88. The lowest BCUT2D eigenvalue weighted by atomic mass is 9.84. The minimum atomic E-state index is 0.0104. The van der Waals surface area contributed by atoms with E-state index in [1.165, 1.54) is 42.9 Å². The fraction of sp³-hybridized carbons (Fsp3) is 0.391. The minimum Gasteiger partial charge on any atom is -0.507 e. The van der Waals surface area contributed by atoms with E-state index in [0.29, 0.717) is 28.3 Å². The molecule has 0 radical (unpaired) electrons. The number of H-pyrrole nitrogens is 1. The fourth-order valence-corrected chi connectivity index (χ4v) is 3.70. The Hall–Kier alpha value is -3.10. The van der Waals surface area contributed by atoms with Crippen molar-refractivity contribution >= 4 is 23.3 Å². The monoisotopic (exact) mass is 427 g/mol. The molecule has 2 heterocycles. The number of nitrogens with one attached hydrogen (secondary N) is 1. The van der Waals surface area contributed by atoms with Crippen LogP contribution in [-0.2, 0) is 0 Å². The van der Waals surface area contributed by atoms with E-state index in [1.54, 1.807) is 30.5 Å². The number of aromatic nitrogens is 1. The maximum absolute atomic E-state index is 10.1. The molecule has 0 spiro atoms. The quantitative estimate of drug-likeness (QED) is 0.325. The van der Waals surface area contributed by atoms with E-state index in [0.717, 1.165) is 11.5 Å². The summed E-state index contributed by atoms with van der Waals surface area (Å²) < 4.78 is 0. The second-order valence-corrected chi connectivity index (χ2v) is 8.73. The Balaban J connectivity index is 0.000000285. The first-order valence-electron chi connectivity index (χ1n) is 10.4. The normalized spacial score (nSPS) is 19.1. The number of rotatable bonds is 4. The van der Waals surface area contributed by atoms with E-state index in [1.807, 2.05) is 0 Å². The molecule has 10 N–H and O–H groups in total. The Kier molecular flexibility index (Phi) is 8.01. The summed E-state index contributed by atoms with van der Waals surface area (Å²) in [5.74, 6) is 7.16. The lowest BCUT2D eigenvalue weighted by molar-refractivity contribution is 0.0782. The molecule has 0 saturated carbocycles. The average molecular weight is 428 g/mol. The van der Waals surface area contributed by atoms with Crippen molar-refractivity contribution in [2.24, 2.45) is 23.2 Å². The van der Waals surface area contributed by atoms with Gasteiger partial charge in [-0.15, -0.1) is 0 Å². The largest absolute Gasteiger partial charge is 0.507 e. The number of nitrogens with zero attached hydrogens (tertiary/aromatic N) is 2. The summed E-state index contributed by atoms with van der Waals surface area (Å²) in [5, 5.41) is 11.4. The number of nitrogen functional groups attached to an aromatic ring is 1. The Labute approximate surface area is 185 Å². The summed E-state index contributed by atoms with van der Waals surface area (Å²) >= 11 is 0. The van der Waals surface area contributed by atoms with Gasteiger partial charge in [-0.05, 0) is 70.5 Å². The first kappa shape index (κ1) is 24.2. The molecule has 1 aromatic heterocycles. The standard InChI is InChI=1S/C14H18N6O.C9H19N/c15-4-6-20(18)10-1-2-11(13(21)8-10)12(16)7-9-3-5-19-14(9)17;1-8-5-6-10(4)9(2,3)7-8/h1-8,19,21H,15-18H2;8H,5-7H2,1-4H3/b6-4-,12-7-;/t;8-/m.0/s1. The van der Waals surface area contributed by atoms with E-state index >= 15 is 0 Å². The number of anilines is 2. The van der Waals surface area contributed by atoms with Crippen LogP contribution in [0, 0.1) is 5.92 Å². The Morgan fingerprint density at radius 1 is 1.32 bits per heavy atom. The summed E-state index contributed by atoms with van der Waals surface area (Å²) in [5.41, 5.74) is 19.7. The molecule has 0 unspecified atom stereocenters. The predicted molar refractivity (Wildman–Crippen MR) is 130 cm³/mol. The molecule has 8 heteroatoms. The van der Waals surface area contributed by atoms with Gasteiger partial charge in [-0.1, -0.05) is 6.92 Å². The summed E-state index contributed by atoms with van der Waals surface area (Å²) in [6, 6.07) is 6.68. The molecule has 170 valence electrons. The van der Waals surface area contributed by atoms with Crippen molar-refractivity contribution in [1.82, 2.24) is 9.88 Å². The summed E-state index contributed by atoms with van der Waals surface area (Å²) in [6.45, 7) is 8.30. The van der Waals surface area contributed by atoms with Gasteiger partial charge in [0, 0.05) is 47.0 Å². The number of hydrazine groups is 1. The average Bonchev–Trinajstić information content (AvgIpc) is 3.09. The number of piperidine rings is 1. The molecule has 3 rings (SSSR count). The number of aromatic amines is 1. The van der Waals surface area contributed by atoms with Crippen LogP contribution in [0.15, 0.2) is 42.9 Å². The van der Waals surface area contributed by atoms with Gasteiger partial charge in [0.1, 0.15) is 11.6 Å². The van der Waals surface area contributed by atoms with Crippen LogP contribution < -0.4 is 28.1 Å². The van der Waals surface area contributed by atoms with Crippen molar-refractivity contribution in [1.29, 1.82) is 0 Å². The summed E-state index contributed by atoms with van der Waals surface area (Å²) in [4.78, 5) is 5.32. The highest BCUT2D eigenvalue weighted by atomic mass is 16.3. The zero-order chi connectivity index (χ0) is 23.2. The van der Waals surface area contributed by atoms with Crippen molar-refractivity contribution in [3.05, 3.63) is 54.0 Å². The van der Waals surface area contributed by atoms with Crippen LogP contribution in [0.5, 0.6) is 5.75 Å². The number of aromatic hydroxyl groups is 1. The second kappa shape index (κ2) is 10.3. The van der Waals surface area contributed by atoms with Gasteiger partial charge in [0.05, 0.1) is 5.69 Å². The first-order valence-corrected chi connectivity index (χ1v) is 10.4. The topological polar surface area (TPSA) is 147 Å². The van der Waals surface area contributed by atoms with E-state index in [2.05, 4.69) is 37.7 Å². The number of nitrogens with two attached hydrogens (primary N) is 4. The van der Waals surface area contributed by atoms with Crippen LogP contribution in [0.1, 0.15) is 44.7 Å². The fourth-order valence-electron chi connectivity index (χ4n) is 3.70. The highest BCUT2D eigenvalue weighted by Gasteiger charge is 2.29. The molecule has 0 bridgehead atoms. The van der Waals surface area contributed by atoms with E-state index < -0.39 is 0 Å². The molecule has 2 aromatic rings. The maximum Gasteiger partial charge on any atom is 0.127 e. The molecule has 0 aliphatic carbocycles. The third kappa shape index (κ3) is 6.44. The zero-order valence-electron chi connectivity index (χ0n) is 19.0. The van der Waals surface area contributed by atoms with Gasteiger partial charge in [0.15, 0.2) is 0 Å². The molecule has 1 atom stereocenters. The summed E-state index contributed by atoms with van der Waals surface area (Å²) in [7, 11) is 2.23. The van der Waals surface area contributed by atoms with Crippen molar-refractivity contribution in [2.75, 3.05) is 24.3 Å². The van der Waals surface area contributed by atoms with Crippen LogP contribution >= 0.6 is 0 Å². The Bertz CT molecular complexity index is 916. The number of hydrogen-bond donors (Lipinski definition) is 6. The van der Waals surface area contributed by atoms with E-state index in [-0.39, 0.29) is 5.75 Å². The van der Waals surface area contributed by atoms with Gasteiger partial charge in [-0.3, -0.25) is 5.01 Å². The molecule has 31 heavy (non-hydrogen) atoms. The molecule has 1 fully saturated rings. The molecule has 1 saturated heterocycles. The number of likely N-dealkylation sites (tertiary alicyclic amines) is 1. The second-order valence-electron chi connectivity index (χ2n) is 8.73. The lowest BCUT2D eigenvalue weighted by Crippen LogP contribution is -2.46. The Morgan fingerprint density at radius 3 is 2.55 bits per heavy atom. The first-order chi connectivity index (χ1) is 14.5. The van der Waals surface area contributed by atoms with Crippen LogP contribution in [0.4, 0.5) is 11.5 Å². The van der Waals surface area contributed by atoms with Gasteiger partial charge in [-0.2, -0.15) is 0 Å². The number of benzene rings is 1. The van der Waals surface area contributed by atoms with Gasteiger partial charge in [0.25, 0.3) is 0 Å². The number of phenolic OH excluding ortho intramolecular Hbond substituents is 1. The molecular formula is C23H37N7O. The van der Waals surface area contributed by atoms with E-state index in [9.17, 15) is 5.11 Å². The molecule has 0 amide bonds. The van der Waals surface area contributed by atoms with Crippen LogP contribution in [0.3, 0.4) is 0 Å². The highest BCUT2D eigenvalue weighted by molar-refractivity contribution is 5.85. The lowest BCUT2D eigenvalue weighted by Gasteiger charge is -2.42. The van der Waals surface area contributed by atoms with Crippen LogP contribution in [0.25, 0.3) is 11.8 Å². The molecule has 1 aromatic carbocycles. The van der Waals surface area contributed by atoms with Crippen LogP contribution in [-0.4, -0.2) is 34.1 Å². The van der Waals surface area contributed by atoms with Gasteiger partial charge in [-0.25, -0.2) is 5.84 Å². The predicted octanol–water partition coefficient (Wildman–Crippen LogP) is 3.00. The van der Waals surface area contributed by atoms with Crippen molar-refractivity contribution in [3.8, 4) is 5.75 Å². The smallest absolute Gasteiger partial charge is 0.127 e. The SMILES string of the molecule is C[C@H]1CCN(C)C(C)(C)C1.N/C=C\N(N)c1ccc(/C(N)=C/c2cc[nH]c2N)c(O)c1. The maximum atomic E-state index is 10.1. The number of hydrogen-bond acceptors (Lipinski definition) is 7. The van der Waals surface area contributed by atoms with Gasteiger partial charge < -0.3 is 32.2 Å². The van der Waals surface area contributed by atoms with Crippen molar-refractivity contribution in [2.45, 2.75) is 39.2 Å². The minimum absolute atomic E-state index is 0.0104. The van der Waals surface area contributed by atoms with Gasteiger partial charge in [0.2, 0.25) is 0 Å². The molecular weight excluding hydrogens is 390 g/mol. The number of phenols is 1. The third-order valence-corrected chi connectivity index (χ3v) is 5.80. The molecule has 8 nitrogen and oxygen atoms in total. The zero-order valence-corrected chi connectivity index (χ0v) is 19.0. The molecule has 1 aliphatic heterocycles. The van der Waals surface area contributed by atoms with Crippen molar-refractivity contribution in [3.63, 3.8) is 0 Å².